The lowest BCUT2D eigenvalue weighted by atomic mass is 9.85. The zero-order valence-electron chi connectivity index (χ0n) is 22.4. The van der Waals surface area contributed by atoms with Crippen LogP contribution in [0.2, 0.25) is 0 Å². The maximum absolute atomic E-state index is 3.66. The first-order chi connectivity index (χ1) is 12.9. The Bertz CT molecular complexity index is 432. The molecule has 0 heteroatoms. The predicted molar refractivity (Wildman–Crippen MR) is 144 cm³/mol. The smallest absolute Gasteiger partial charge is 0.0102 e. The van der Waals surface area contributed by atoms with E-state index in [1.165, 1.54) is 43.3 Å². The Labute approximate surface area is 188 Å². The molecule has 176 valence electrons. The van der Waals surface area contributed by atoms with E-state index in [9.17, 15) is 0 Å². The molecule has 0 N–H and O–H groups in total. The Morgan fingerprint density at radius 3 is 1.24 bits per heavy atom. The highest BCUT2D eigenvalue weighted by Gasteiger charge is 2.12. The summed E-state index contributed by atoms with van der Waals surface area (Å²) in [6.45, 7) is 37.3. The topological polar surface area (TPSA) is 0 Å². The Morgan fingerprint density at radius 1 is 0.793 bits per heavy atom. The van der Waals surface area contributed by atoms with Gasteiger partial charge in [-0.15, -0.1) is 0 Å². The molecule has 1 aliphatic carbocycles. The van der Waals surface area contributed by atoms with Crippen LogP contribution in [0.5, 0.6) is 0 Å². The molecule has 0 radical (unpaired) electrons. The zero-order chi connectivity index (χ0) is 23.5. The zero-order valence-corrected chi connectivity index (χ0v) is 22.4. The first-order valence-electron chi connectivity index (χ1n) is 11.5. The second-order valence-corrected chi connectivity index (χ2v) is 8.17. The first-order valence-corrected chi connectivity index (χ1v) is 11.5. The Morgan fingerprint density at radius 2 is 1.10 bits per heavy atom. The van der Waals surface area contributed by atoms with Gasteiger partial charge in [-0.3, -0.25) is 0 Å². The summed E-state index contributed by atoms with van der Waals surface area (Å²) in [5.41, 5.74) is 8.83. The number of rotatable bonds is 5. The lowest BCUT2D eigenvalue weighted by Gasteiger charge is -2.21. The van der Waals surface area contributed by atoms with Crippen molar-refractivity contribution in [3.05, 3.63) is 46.6 Å². The van der Waals surface area contributed by atoms with Crippen LogP contribution in [-0.2, 0) is 0 Å². The maximum Gasteiger partial charge on any atom is -0.0102 e. The van der Waals surface area contributed by atoms with Gasteiger partial charge in [0.2, 0.25) is 0 Å². The van der Waals surface area contributed by atoms with Gasteiger partial charge in [-0.05, 0) is 70.9 Å². The third kappa shape index (κ3) is 23.1. The van der Waals surface area contributed by atoms with Crippen LogP contribution in [-0.4, -0.2) is 0 Å². The average molecular weight is 409 g/mol. The first kappa shape index (κ1) is 38.6. The van der Waals surface area contributed by atoms with Crippen molar-refractivity contribution in [1.29, 1.82) is 0 Å². The number of hydrogen-bond donors (Lipinski definition) is 0. The standard InChI is InChI=1S/C9H14.C9H20.C6H10.2C2H6.CH4/c1-6-5-7(2)9(4)8(6)3;1-5-7-8-9(3,4)6-2;1-5(2)6(3)4;2*1-2;/h5H2,1-4H3;5-8H2,1-4H3;1,3H2,2,4H3;2*1-2H3;1H4. The van der Waals surface area contributed by atoms with Crippen LogP contribution in [0.3, 0.4) is 0 Å². The third-order valence-corrected chi connectivity index (χ3v) is 5.27. The molecule has 0 spiro atoms. The fourth-order valence-electron chi connectivity index (χ4n) is 2.14. The van der Waals surface area contributed by atoms with Gasteiger partial charge in [-0.2, -0.15) is 0 Å². The van der Waals surface area contributed by atoms with E-state index < -0.39 is 0 Å². The quantitative estimate of drug-likeness (QED) is 0.397. The van der Waals surface area contributed by atoms with Crippen molar-refractivity contribution in [3.8, 4) is 0 Å². The molecule has 1 aliphatic rings. The van der Waals surface area contributed by atoms with E-state index in [1.54, 1.807) is 11.1 Å². The molecule has 29 heavy (non-hydrogen) atoms. The maximum atomic E-state index is 3.66. The molecule has 0 bridgehead atoms. The molecule has 0 aromatic carbocycles. The van der Waals surface area contributed by atoms with Crippen LogP contribution < -0.4 is 0 Å². The van der Waals surface area contributed by atoms with Crippen molar-refractivity contribution in [1.82, 2.24) is 0 Å². The summed E-state index contributed by atoms with van der Waals surface area (Å²) in [5, 5.41) is 0. The molecule has 0 saturated heterocycles. The van der Waals surface area contributed by atoms with E-state index in [-0.39, 0.29) is 7.43 Å². The second-order valence-electron chi connectivity index (χ2n) is 8.17. The lowest BCUT2D eigenvalue weighted by molar-refractivity contribution is 0.311. The monoisotopic (exact) mass is 408 g/mol. The summed E-state index contributed by atoms with van der Waals surface area (Å²) in [6.07, 6.45) is 6.63. The van der Waals surface area contributed by atoms with Gasteiger partial charge in [0.05, 0.1) is 0 Å². The van der Waals surface area contributed by atoms with Crippen molar-refractivity contribution in [2.75, 3.05) is 0 Å². The largest absolute Gasteiger partial charge is 0.0959 e. The van der Waals surface area contributed by atoms with E-state index in [2.05, 4.69) is 68.5 Å². The predicted octanol–water partition coefficient (Wildman–Crippen LogP) is 11.5. The molecule has 1 rings (SSSR count). The van der Waals surface area contributed by atoms with E-state index in [1.807, 2.05) is 41.5 Å². The van der Waals surface area contributed by atoms with Gasteiger partial charge in [0.25, 0.3) is 0 Å². The fourth-order valence-corrected chi connectivity index (χ4v) is 2.14. The van der Waals surface area contributed by atoms with Crippen molar-refractivity contribution in [3.63, 3.8) is 0 Å². The molecular formula is C29H60. The molecule has 0 unspecified atom stereocenters. The average Bonchev–Trinajstić information content (AvgIpc) is 2.90. The molecule has 0 amide bonds. The number of allylic oxidation sites excluding steroid dienone is 6. The van der Waals surface area contributed by atoms with Crippen LogP contribution in [0, 0.1) is 5.41 Å². The fraction of sp³-hybridized carbons (Fsp3) is 0.724. The van der Waals surface area contributed by atoms with Crippen molar-refractivity contribution >= 4 is 0 Å². The molecule has 0 saturated carbocycles. The molecule has 0 fully saturated rings. The third-order valence-electron chi connectivity index (χ3n) is 5.27. The molecular weight excluding hydrogens is 348 g/mol. The van der Waals surface area contributed by atoms with Crippen molar-refractivity contribution in [2.24, 2.45) is 5.41 Å². The summed E-state index contributed by atoms with van der Waals surface area (Å²) in [5.74, 6) is 0. The summed E-state index contributed by atoms with van der Waals surface area (Å²) in [6, 6.07) is 0. The minimum atomic E-state index is 0. The number of hydrogen-bond acceptors (Lipinski definition) is 0. The van der Waals surface area contributed by atoms with Gasteiger partial charge >= 0.3 is 0 Å². The van der Waals surface area contributed by atoms with E-state index in [4.69, 9.17) is 0 Å². The SMILES string of the molecule is C.C=C(C)C(=C)C.CC.CC.CC1=C(C)C(C)=C(C)C1.CCCCC(C)(C)CC. The molecule has 0 aromatic heterocycles. The van der Waals surface area contributed by atoms with E-state index in [0.717, 1.165) is 11.1 Å². The molecule has 0 aromatic rings. The van der Waals surface area contributed by atoms with Gasteiger partial charge in [0.15, 0.2) is 0 Å². The Kier molecular flexibility index (Phi) is 30.9. The summed E-state index contributed by atoms with van der Waals surface area (Å²) >= 11 is 0. The summed E-state index contributed by atoms with van der Waals surface area (Å²) in [7, 11) is 0. The number of unbranched alkanes of at least 4 members (excludes halogenated alkanes) is 1. The highest BCUT2D eigenvalue weighted by molar-refractivity contribution is 5.43. The van der Waals surface area contributed by atoms with Crippen LogP contribution in [0.1, 0.15) is 136 Å². The normalized spacial score (nSPS) is 11.9. The van der Waals surface area contributed by atoms with Gasteiger partial charge < -0.3 is 0 Å². The molecule has 0 heterocycles. The van der Waals surface area contributed by atoms with Crippen molar-refractivity contribution < 1.29 is 0 Å². The highest BCUT2D eigenvalue weighted by Crippen LogP contribution is 2.30. The summed E-state index contributed by atoms with van der Waals surface area (Å²) < 4.78 is 0. The lowest BCUT2D eigenvalue weighted by Crippen LogP contribution is -2.08. The van der Waals surface area contributed by atoms with E-state index >= 15 is 0 Å². The van der Waals surface area contributed by atoms with Crippen LogP contribution in [0.15, 0.2) is 46.6 Å². The van der Waals surface area contributed by atoms with Crippen LogP contribution in [0.25, 0.3) is 0 Å². The Hall–Kier alpha value is -1.04. The second kappa shape index (κ2) is 23.2. The van der Waals surface area contributed by atoms with Crippen LogP contribution >= 0.6 is 0 Å². The minimum absolute atomic E-state index is 0. The summed E-state index contributed by atoms with van der Waals surface area (Å²) in [4.78, 5) is 0. The molecule has 0 nitrogen and oxygen atoms in total. The molecule has 0 aliphatic heterocycles. The van der Waals surface area contributed by atoms with Crippen LogP contribution in [0.4, 0.5) is 0 Å². The highest BCUT2D eigenvalue weighted by atomic mass is 14.2. The van der Waals surface area contributed by atoms with Gasteiger partial charge in [0, 0.05) is 0 Å². The van der Waals surface area contributed by atoms with Gasteiger partial charge in [-0.1, -0.05) is 118 Å². The van der Waals surface area contributed by atoms with Gasteiger partial charge in [0.1, 0.15) is 0 Å². The minimum Gasteiger partial charge on any atom is -0.0959 e. The van der Waals surface area contributed by atoms with Crippen molar-refractivity contribution in [2.45, 2.75) is 136 Å². The van der Waals surface area contributed by atoms with Gasteiger partial charge in [-0.25, -0.2) is 0 Å². The Balaban J connectivity index is -0.0000000913. The molecule has 0 atom stereocenters. The van der Waals surface area contributed by atoms with E-state index in [0.29, 0.717) is 5.41 Å².